The molecule has 2 rings (SSSR count). The van der Waals surface area contributed by atoms with Crippen molar-refractivity contribution in [2.75, 3.05) is 0 Å². The summed E-state index contributed by atoms with van der Waals surface area (Å²) in [5.41, 5.74) is 0. The summed E-state index contributed by atoms with van der Waals surface area (Å²) in [5.74, 6) is 1.68. The first-order chi connectivity index (χ1) is 10.6. The maximum atomic E-state index is 5.93. The standard InChI is InChI=1S/C16H18I2N2O2/c1-11(21-13-5-3-9-19-15(13)17)7-8-12(2)22-14-6-4-10-20-16(14)18/h3-6,9-12H,7-8H2,1-2H3/t11-,12-/m0/s1. The molecule has 0 radical (unpaired) electrons. The highest BCUT2D eigenvalue weighted by Gasteiger charge is 2.12. The number of ether oxygens (including phenoxy) is 2. The van der Waals surface area contributed by atoms with Gasteiger partial charge in [-0.05, 0) is 96.1 Å². The Labute approximate surface area is 158 Å². The van der Waals surface area contributed by atoms with Crippen LogP contribution in [0.5, 0.6) is 11.5 Å². The van der Waals surface area contributed by atoms with E-state index in [-0.39, 0.29) is 12.2 Å². The van der Waals surface area contributed by atoms with Crippen LogP contribution in [-0.2, 0) is 0 Å². The lowest BCUT2D eigenvalue weighted by atomic mass is 10.1. The second-order valence-electron chi connectivity index (χ2n) is 5.02. The first-order valence-corrected chi connectivity index (χ1v) is 9.26. The quantitative estimate of drug-likeness (QED) is 0.390. The van der Waals surface area contributed by atoms with E-state index in [1.165, 1.54) is 0 Å². The normalized spacial score (nSPS) is 13.5. The predicted molar refractivity (Wildman–Crippen MR) is 103 cm³/mol. The molecule has 0 aromatic carbocycles. The Morgan fingerprint density at radius 2 is 1.27 bits per heavy atom. The molecule has 2 aromatic heterocycles. The minimum Gasteiger partial charge on any atom is -0.488 e. The number of rotatable bonds is 7. The molecule has 0 fully saturated rings. The third kappa shape index (κ3) is 5.53. The summed E-state index contributed by atoms with van der Waals surface area (Å²) in [6, 6.07) is 7.67. The van der Waals surface area contributed by atoms with Crippen LogP contribution < -0.4 is 9.47 Å². The molecule has 4 nitrogen and oxygen atoms in total. The van der Waals surface area contributed by atoms with Crippen LogP contribution in [0.1, 0.15) is 26.7 Å². The van der Waals surface area contributed by atoms with Crippen molar-refractivity contribution in [1.29, 1.82) is 0 Å². The molecular formula is C16H18I2N2O2. The van der Waals surface area contributed by atoms with Crippen molar-refractivity contribution in [3.63, 3.8) is 0 Å². The molecule has 22 heavy (non-hydrogen) atoms. The SMILES string of the molecule is C[C@@H](CC[C@H](C)Oc1cccnc1I)Oc1cccnc1I. The number of halogens is 2. The van der Waals surface area contributed by atoms with E-state index in [2.05, 4.69) is 69.0 Å². The van der Waals surface area contributed by atoms with Crippen LogP contribution >= 0.6 is 45.2 Å². The first-order valence-electron chi connectivity index (χ1n) is 7.10. The molecule has 0 aliphatic rings. The summed E-state index contributed by atoms with van der Waals surface area (Å²) in [6.07, 6.45) is 5.62. The summed E-state index contributed by atoms with van der Waals surface area (Å²) >= 11 is 4.37. The fourth-order valence-electron chi connectivity index (χ4n) is 1.94. The molecule has 0 aliphatic heterocycles. The maximum Gasteiger partial charge on any atom is 0.151 e. The largest absolute Gasteiger partial charge is 0.488 e. The van der Waals surface area contributed by atoms with Crippen LogP contribution in [0, 0.1) is 7.40 Å². The second-order valence-corrected chi connectivity index (χ2v) is 7.06. The molecule has 0 spiro atoms. The zero-order valence-electron chi connectivity index (χ0n) is 12.5. The zero-order valence-corrected chi connectivity index (χ0v) is 16.8. The third-order valence-electron chi connectivity index (χ3n) is 3.09. The van der Waals surface area contributed by atoms with Crippen LogP contribution in [0.3, 0.4) is 0 Å². The van der Waals surface area contributed by atoms with Gasteiger partial charge in [0.2, 0.25) is 0 Å². The molecule has 2 aromatic rings. The summed E-state index contributed by atoms with van der Waals surface area (Å²) in [5, 5.41) is 0. The molecule has 0 amide bonds. The van der Waals surface area contributed by atoms with Crippen molar-refractivity contribution in [3.05, 3.63) is 44.1 Å². The van der Waals surface area contributed by atoms with E-state index in [4.69, 9.17) is 9.47 Å². The van der Waals surface area contributed by atoms with Gasteiger partial charge in [0.05, 0.1) is 12.2 Å². The van der Waals surface area contributed by atoms with Gasteiger partial charge in [-0.2, -0.15) is 0 Å². The lowest BCUT2D eigenvalue weighted by molar-refractivity contribution is 0.158. The van der Waals surface area contributed by atoms with E-state index in [9.17, 15) is 0 Å². The van der Waals surface area contributed by atoms with E-state index in [0.717, 1.165) is 31.7 Å². The van der Waals surface area contributed by atoms with Gasteiger partial charge in [0.15, 0.2) is 11.5 Å². The second kappa shape index (κ2) is 8.85. The number of hydrogen-bond donors (Lipinski definition) is 0. The van der Waals surface area contributed by atoms with Crippen molar-refractivity contribution in [2.24, 2.45) is 0 Å². The molecule has 0 bridgehead atoms. The molecule has 0 saturated heterocycles. The van der Waals surface area contributed by atoms with Gasteiger partial charge >= 0.3 is 0 Å². The highest BCUT2D eigenvalue weighted by atomic mass is 127. The molecule has 118 valence electrons. The number of nitrogens with zero attached hydrogens (tertiary/aromatic N) is 2. The molecule has 6 heteroatoms. The van der Waals surface area contributed by atoms with Gasteiger partial charge in [-0.3, -0.25) is 0 Å². The molecule has 0 unspecified atom stereocenters. The van der Waals surface area contributed by atoms with E-state index in [0.29, 0.717) is 0 Å². The van der Waals surface area contributed by atoms with Crippen molar-refractivity contribution < 1.29 is 9.47 Å². The smallest absolute Gasteiger partial charge is 0.151 e. The van der Waals surface area contributed by atoms with Gasteiger partial charge in [0.1, 0.15) is 7.40 Å². The van der Waals surface area contributed by atoms with E-state index >= 15 is 0 Å². The van der Waals surface area contributed by atoms with Gasteiger partial charge in [-0.1, -0.05) is 0 Å². The monoisotopic (exact) mass is 524 g/mol. The molecule has 2 heterocycles. The molecular weight excluding hydrogens is 506 g/mol. The molecule has 0 saturated carbocycles. The van der Waals surface area contributed by atoms with E-state index in [1.54, 1.807) is 12.4 Å². The summed E-state index contributed by atoms with van der Waals surface area (Å²) < 4.78 is 13.6. The lowest BCUT2D eigenvalue weighted by Gasteiger charge is -2.19. The van der Waals surface area contributed by atoms with Crippen LogP contribution in [0.25, 0.3) is 0 Å². The Kier molecular flexibility index (Phi) is 7.13. The van der Waals surface area contributed by atoms with E-state index < -0.39 is 0 Å². The zero-order chi connectivity index (χ0) is 15.9. The Bertz CT molecular complexity index is 557. The van der Waals surface area contributed by atoms with E-state index in [1.807, 2.05) is 24.3 Å². The van der Waals surface area contributed by atoms with Crippen LogP contribution in [0.2, 0.25) is 0 Å². The molecule has 0 aliphatic carbocycles. The highest BCUT2D eigenvalue weighted by Crippen LogP contribution is 2.22. The first kappa shape index (κ1) is 17.7. The Balaban J connectivity index is 1.80. The minimum atomic E-state index is 0.122. The average molecular weight is 524 g/mol. The summed E-state index contributed by atoms with van der Waals surface area (Å²) in [7, 11) is 0. The summed E-state index contributed by atoms with van der Waals surface area (Å²) in [6.45, 7) is 4.15. The van der Waals surface area contributed by atoms with Crippen LogP contribution in [0.4, 0.5) is 0 Å². The number of hydrogen-bond acceptors (Lipinski definition) is 4. The average Bonchev–Trinajstić information content (AvgIpc) is 2.50. The van der Waals surface area contributed by atoms with Crippen molar-refractivity contribution in [2.45, 2.75) is 38.9 Å². The Morgan fingerprint density at radius 3 is 1.64 bits per heavy atom. The van der Waals surface area contributed by atoms with Crippen molar-refractivity contribution in [3.8, 4) is 11.5 Å². The number of aromatic nitrogens is 2. The van der Waals surface area contributed by atoms with Gasteiger partial charge < -0.3 is 9.47 Å². The fraction of sp³-hybridized carbons (Fsp3) is 0.375. The van der Waals surface area contributed by atoms with Gasteiger partial charge in [-0.15, -0.1) is 0 Å². The highest BCUT2D eigenvalue weighted by molar-refractivity contribution is 14.1. The van der Waals surface area contributed by atoms with Crippen LogP contribution in [-0.4, -0.2) is 22.2 Å². The fourth-order valence-corrected chi connectivity index (χ4v) is 2.87. The van der Waals surface area contributed by atoms with Gasteiger partial charge in [-0.25, -0.2) is 9.97 Å². The molecule has 0 N–H and O–H groups in total. The maximum absolute atomic E-state index is 5.93. The van der Waals surface area contributed by atoms with Crippen molar-refractivity contribution >= 4 is 45.2 Å². The Morgan fingerprint density at radius 1 is 0.864 bits per heavy atom. The third-order valence-corrected chi connectivity index (χ3v) is 4.71. The minimum absolute atomic E-state index is 0.122. The van der Waals surface area contributed by atoms with Gasteiger partial charge in [0, 0.05) is 12.4 Å². The van der Waals surface area contributed by atoms with Crippen molar-refractivity contribution in [1.82, 2.24) is 9.97 Å². The summed E-state index contributed by atoms with van der Waals surface area (Å²) in [4.78, 5) is 8.44. The Hall–Kier alpha value is -0.640. The van der Waals surface area contributed by atoms with Gasteiger partial charge in [0.25, 0.3) is 0 Å². The number of pyridine rings is 2. The lowest BCUT2D eigenvalue weighted by Crippen LogP contribution is -2.19. The topological polar surface area (TPSA) is 44.2 Å². The molecule has 2 atom stereocenters. The van der Waals surface area contributed by atoms with Crippen LogP contribution in [0.15, 0.2) is 36.7 Å². The predicted octanol–water partition coefficient (Wildman–Crippen LogP) is 4.70.